The maximum Gasteiger partial charge on any atom is 0.227 e. The number of hydrogen-bond donors (Lipinski definition) is 1. The number of rotatable bonds is 7. The van der Waals surface area contributed by atoms with Gasteiger partial charge in [-0.05, 0) is 0 Å². The molecule has 0 saturated heterocycles. The molecule has 0 aliphatic heterocycles. The van der Waals surface area contributed by atoms with Crippen LogP contribution >= 0.6 is 11.6 Å². The summed E-state index contributed by atoms with van der Waals surface area (Å²) in [6, 6.07) is 8.09. The number of hydrogen-bond acceptors (Lipinski definition) is 3. The number of ketones is 1. The summed E-state index contributed by atoms with van der Waals surface area (Å²) < 4.78 is 21.9. The number of Topliss-reactive ketones (excluding diaryl/α,β-unsaturated/α-hetero) is 1. The first-order chi connectivity index (χ1) is 12.3. The van der Waals surface area contributed by atoms with Crippen LogP contribution in [0, 0.1) is 0 Å². The second-order valence-electron chi connectivity index (χ2n) is 6.24. The Morgan fingerprint density at radius 2 is 1.65 bits per heavy atom. The second kappa shape index (κ2) is 10.7. The van der Waals surface area contributed by atoms with Crippen LogP contribution in [0.1, 0.15) is 56.3 Å². The number of carbonyl (C=O) groups is 1. The first kappa shape index (κ1) is 22.6. The second-order valence-corrected chi connectivity index (χ2v) is 8.48. The molecule has 1 aliphatic rings. The third kappa shape index (κ3) is 5.53. The van der Waals surface area contributed by atoms with E-state index in [-0.39, 0.29) is 5.56 Å². The quantitative estimate of drug-likeness (QED) is 0.414. The molecule has 0 fully saturated rings. The van der Waals surface area contributed by atoms with Crippen molar-refractivity contribution in [3.8, 4) is 0 Å². The van der Waals surface area contributed by atoms with Gasteiger partial charge in [0.05, 0.1) is 5.38 Å². The molecule has 1 aliphatic carbocycles. The van der Waals surface area contributed by atoms with Crippen molar-refractivity contribution in [2.75, 3.05) is 0 Å². The van der Waals surface area contributed by atoms with Gasteiger partial charge in [0, 0.05) is 5.56 Å². The van der Waals surface area contributed by atoms with Crippen LogP contribution in [0.2, 0.25) is 0 Å². The lowest BCUT2D eigenvalue weighted by Gasteiger charge is -2.31. The van der Waals surface area contributed by atoms with Gasteiger partial charge in [-0.1, -0.05) is 101 Å². The first-order valence-corrected chi connectivity index (χ1v) is 10.9. The Morgan fingerprint density at radius 3 is 2.12 bits per heavy atom. The van der Waals surface area contributed by atoms with Crippen LogP contribution < -0.4 is 5.14 Å². The highest BCUT2D eigenvalue weighted by Crippen LogP contribution is 2.33. The molecule has 0 amide bonds. The SMILES string of the molecule is CCCCCCC.NS(=O)(=O)C1(C(=O)c2ccccc2)C=CC=CC1Cl. The van der Waals surface area contributed by atoms with E-state index in [2.05, 4.69) is 13.8 Å². The summed E-state index contributed by atoms with van der Waals surface area (Å²) in [4.78, 5) is 12.6. The van der Waals surface area contributed by atoms with E-state index in [9.17, 15) is 13.2 Å². The van der Waals surface area contributed by atoms with Crippen molar-refractivity contribution in [3.05, 3.63) is 60.2 Å². The minimum absolute atomic E-state index is 0.252. The Labute approximate surface area is 162 Å². The molecule has 4 nitrogen and oxygen atoms in total. The Bertz CT molecular complexity index is 725. The first-order valence-electron chi connectivity index (χ1n) is 8.93. The predicted octanol–water partition coefficient (Wildman–Crippen LogP) is 4.61. The van der Waals surface area contributed by atoms with Crippen molar-refractivity contribution in [3.63, 3.8) is 0 Å². The van der Waals surface area contributed by atoms with Crippen LogP contribution in [0.25, 0.3) is 0 Å². The molecule has 26 heavy (non-hydrogen) atoms. The van der Waals surface area contributed by atoms with E-state index in [1.165, 1.54) is 62.5 Å². The molecule has 1 aromatic carbocycles. The summed E-state index contributed by atoms with van der Waals surface area (Å²) >= 11 is 6.05. The number of primary sulfonamides is 1. The Morgan fingerprint density at radius 1 is 1.08 bits per heavy atom. The molecule has 0 saturated carbocycles. The van der Waals surface area contributed by atoms with Crippen LogP contribution in [0.15, 0.2) is 54.6 Å². The maximum atomic E-state index is 12.6. The molecule has 6 heteroatoms. The predicted molar refractivity (Wildman–Crippen MR) is 109 cm³/mol. The molecular weight excluding hydrogens is 370 g/mol. The van der Waals surface area contributed by atoms with Gasteiger partial charge in [-0.3, -0.25) is 4.79 Å². The van der Waals surface area contributed by atoms with E-state index >= 15 is 0 Å². The molecule has 144 valence electrons. The largest absolute Gasteiger partial charge is 0.292 e. The number of nitrogens with two attached hydrogens (primary N) is 1. The number of alkyl halides is 1. The van der Waals surface area contributed by atoms with Crippen LogP contribution in [0.4, 0.5) is 0 Å². The molecule has 2 N–H and O–H groups in total. The number of carbonyl (C=O) groups excluding carboxylic acids is 1. The average molecular weight is 398 g/mol. The Hall–Kier alpha value is -1.43. The van der Waals surface area contributed by atoms with E-state index in [1.807, 2.05) is 0 Å². The van der Waals surface area contributed by atoms with E-state index in [0.717, 1.165) is 0 Å². The van der Waals surface area contributed by atoms with Crippen LogP contribution in [-0.2, 0) is 10.0 Å². The molecule has 2 unspecified atom stereocenters. The fraction of sp³-hybridized carbons (Fsp3) is 0.450. The van der Waals surface area contributed by atoms with Gasteiger partial charge in [-0.2, -0.15) is 0 Å². The number of halogens is 1. The van der Waals surface area contributed by atoms with E-state index in [4.69, 9.17) is 16.7 Å². The molecular formula is C20H28ClNO3S. The molecule has 2 rings (SSSR count). The molecule has 0 bridgehead atoms. The Kier molecular flexibility index (Phi) is 9.27. The molecule has 0 radical (unpaired) electrons. The van der Waals surface area contributed by atoms with Gasteiger partial charge in [0.25, 0.3) is 0 Å². The number of unbranched alkanes of at least 4 members (excludes halogenated alkanes) is 4. The van der Waals surface area contributed by atoms with Gasteiger partial charge in [0.15, 0.2) is 10.5 Å². The van der Waals surface area contributed by atoms with Gasteiger partial charge in [0.1, 0.15) is 0 Å². The standard InChI is InChI=1S/C13H12ClNO3S.C7H16/c14-11-8-4-5-9-13(11,19(15,17)18)12(16)10-6-2-1-3-7-10;1-3-5-7-6-4-2/h1-9,11H,(H2,15,17,18);3-7H2,1-2H3. The number of allylic oxidation sites excluding steroid dienone is 3. The van der Waals surface area contributed by atoms with Gasteiger partial charge in [0.2, 0.25) is 10.0 Å². The zero-order valence-electron chi connectivity index (χ0n) is 15.4. The Balaban J connectivity index is 0.000000412. The van der Waals surface area contributed by atoms with Crippen molar-refractivity contribution >= 4 is 27.4 Å². The van der Waals surface area contributed by atoms with Crippen LogP contribution in [-0.4, -0.2) is 24.3 Å². The fourth-order valence-corrected chi connectivity index (χ4v) is 4.33. The summed E-state index contributed by atoms with van der Waals surface area (Å²) in [5.41, 5.74) is 0.252. The van der Waals surface area contributed by atoms with Gasteiger partial charge < -0.3 is 0 Å². The zero-order chi connectivity index (χ0) is 19.6. The highest BCUT2D eigenvalue weighted by atomic mass is 35.5. The summed E-state index contributed by atoms with van der Waals surface area (Å²) in [6.45, 7) is 4.49. The number of sulfonamides is 1. The average Bonchev–Trinajstić information content (AvgIpc) is 2.62. The smallest absolute Gasteiger partial charge is 0.227 e. The summed E-state index contributed by atoms with van der Waals surface area (Å²) in [6.07, 6.45) is 12.7. The van der Waals surface area contributed by atoms with Crippen molar-refractivity contribution < 1.29 is 13.2 Å². The molecule has 0 spiro atoms. The highest BCUT2D eigenvalue weighted by molar-refractivity contribution is 7.91. The molecule has 2 atom stereocenters. The van der Waals surface area contributed by atoms with E-state index in [1.54, 1.807) is 24.3 Å². The maximum absolute atomic E-state index is 12.6. The third-order valence-electron chi connectivity index (χ3n) is 4.21. The normalized spacial score (nSPS) is 21.8. The van der Waals surface area contributed by atoms with Gasteiger partial charge in [-0.15, -0.1) is 11.6 Å². The minimum Gasteiger partial charge on any atom is -0.292 e. The van der Waals surface area contributed by atoms with E-state index in [0.29, 0.717) is 0 Å². The monoisotopic (exact) mass is 397 g/mol. The van der Waals surface area contributed by atoms with Crippen molar-refractivity contribution in [2.24, 2.45) is 5.14 Å². The minimum atomic E-state index is -4.20. The molecule has 0 heterocycles. The van der Waals surface area contributed by atoms with Crippen molar-refractivity contribution in [1.82, 2.24) is 0 Å². The highest BCUT2D eigenvalue weighted by Gasteiger charge is 2.52. The van der Waals surface area contributed by atoms with Crippen molar-refractivity contribution in [2.45, 2.75) is 56.1 Å². The summed E-state index contributed by atoms with van der Waals surface area (Å²) in [7, 11) is -4.20. The van der Waals surface area contributed by atoms with E-state index < -0.39 is 25.9 Å². The summed E-state index contributed by atoms with van der Waals surface area (Å²) in [5.74, 6) is -0.629. The van der Waals surface area contributed by atoms with Crippen LogP contribution in [0.5, 0.6) is 0 Å². The fourth-order valence-electron chi connectivity index (χ4n) is 2.67. The lowest BCUT2D eigenvalue weighted by Crippen LogP contribution is -2.55. The third-order valence-corrected chi connectivity index (χ3v) is 6.35. The number of benzene rings is 1. The van der Waals surface area contributed by atoms with Crippen LogP contribution in [0.3, 0.4) is 0 Å². The topological polar surface area (TPSA) is 77.2 Å². The van der Waals surface area contributed by atoms with Gasteiger partial charge >= 0.3 is 0 Å². The zero-order valence-corrected chi connectivity index (χ0v) is 17.0. The lowest BCUT2D eigenvalue weighted by molar-refractivity contribution is 0.0960. The van der Waals surface area contributed by atoms with Gasteiger partial charge in [-0.25, -0.2) is 13.6 Å². The lowest BCUT2D eigenvalue weighted by atomic mass is 9.90. The van der Waals surface area contributed by atoms with Crippen molar-refractivity contribution in [1.29, 1.82) is 0 Å². The molecule has 0 aromatic heterocycles. The summed E-state index contributed by atoms with van der Waals surface area (Å²) in [5, 5.41) is 4.21. The molecule has 1 aromatic rings.